The van der Waals surface area contributed by atoms with Gasteiger partial charge in [0.25, 0.3) is 5.95 Å². The Kier molecular flexibility index (Phi) is 10.8. The predicted octanol–water partition coefficient (Wildman–Crippen LogP) is 3.72. The number of carbonyl (C=O) groups excluding carboxylic acids is 2. The predicted molar refractivity (Wildman–Crippen MR) is 128 cm³/mol. The molecule has 1 N–H and O–H groups in total. The quantitative estimate of drug-likeness (QED) is 0.362. The minimum absolute atomic E-state index is 0.220. The van der Waals surface area contributed by atoms with E-state index in [1.54, 1.807) is 18.8 Å². The summed E-state index contributed by atoms with van der Waals surface area (Å²) in [7, 11) is 4.81. The van der Waals surface area contributed by atoms with E-state index in [0.29, 0.717) is 31.3 Å². The highest BCUT2D eigenvalue weighted by molar-refractivity contribution is 5.89. The molecule has 0 fully saturated rings. The number of hydrogen-bond acceptors (Lipinski definition) is 6. The number of urea groups is 1. The van der Waals surface area contributed by atoms with Crippen LogP contribution in [0.4, 0.5) is 10.7 Å². The van der Waals surface area contributed by atoms with Crippen molar-refractivity contribution in [2.45, 2.75) is 58.5 Å². The van der Waals surface area contributed by atoms with Crippen LogP contribution >= 0.6 is 0 Å². The summed E-state index contributed by atoms with van der Waals surface area (Å²) in [6, 6.07) is 7.46. The van der Waals surface area contributed by atoms with Gasteiger partial charge in [-0.15, -0.1) is 5.10 Å². The monoisotopic (exact) mass is 459 g/mol. The SMILES string of the molecule is CCCCCCCNC(=O)N(C)c1nc(-c2ccc(C[C@H](OCC)C(=O)OC)cc2)n(C)n1. The highest BCUT2D eigenvalue weighted by Crippen LogP contribution is 2.21. The molecule has 0 saturated carbocycles. The molecular weight excluding hydrogens is 422 g/mol. The number of ether oxygens (including phenoxy) is 2. The first-order chi connectivity index (χ1) is 15.9. The van der Waals surface area contributed by atoms with Gasteiger partial charge >= 0.3 is 12.0 Å². The van der Waals surface area contributed by atoms with Crippen LogP contribution in [-0.4, -0.2) is 60.2 Å². The normalized spacial score (nSPS) is 11.8. The van der Waals surface area contributed by atoms with Gasteiger partial charge in [-0.05, 0) is 18.9 Å². The lowest BCUT2D eigenvalue weighted by molar-refractivity contribution is -0.153. The summed E-state index contributed by atoms with van der Waals surface area (Å²) in [6.07, 6.45) is 5.50. The van der Waals surface area contributed by atoms with Crippen LogP contribution in [0, 0.1) is 0 Å². The van der Waals surface area contributed by atoms with Gasteiger partial charge in [-0.25, -0.2) is 14.3 Å². The van der Waals surface area contributed by atoms with Gasteiger partial charge < -0.3 is 14.8 Å². The molecule has 9 nitrogen and oxygen atoms in total. The van der Waals surface area contributed by atoms with Crippen molar-refractivity contribution in [2.24, 2.45) is 7.05 Å². The Bertz CT molecular complexity index is 881. The van der Waals surface area contributed by atoms with Crippen LogP contribution in [0.15, 0.2) is 24.3 Å². The smallest absolute Gasteiger partial charge is 0.335 e. The highest BCUT2D eigenvalue weighted by Gasteiger charge is 2.21. The van der Waals surface area contributed by atoms with E-state index in [2.05, 4.69) is 22.3 Å². The summed E-state index contributed by atoms with van der Waals surface area (Å²) in [6.45, 7) is 5.10. The molecular formula is C24H37N5O4. The van der Waals surface area contributed by atoms with E-state index in [1.807, 2.05) is 31.2 Å². The zero-order valence-corrected chi connectivity index (χ0v) is 20.5. The van der Waals surface area contributed by atoms with Gasteiger partial charge in [0.2, 0.25) is 0 Å². The first-order valence-electron chi connectivity index (χ1n) is 11.6. The topological polar surface area (TPSA) is 98.6 Å². The van der Waals surface area contributed by atoms with Gasteiger partial charge in [0, 0.05) is 39.2 Å². The van der Waals surface area contributed by atoms with Crippen molar-refractivity contribution in [1.29, 1.82) is 0 Å². The molecule has 1 heterocycles. The molecule has 2 rings (SSSR count). The third kappa shape index (κ3) is 7.85. The Morgan fingerprint density at radius 1 is 1.12 bits per heavy atom. The summed E-state index contributed by atoms with van der Waals surface area (Å²) in [5.74, 6) is 0.591. The Hall–Kier alpha value is -2.94. The van der Waals surface area contributed by atoms with E-state index in [-0.39, 0.29) is 12.0 Å². The number of rotatable bonds is 13. The second-order valence-electron chi connectivity index (χ2n) is 7.93. The Morgan fingerprint density at radius 2 is 1.82 bits per heavy atom. The third-order valence-electron chi connectivity index (χ3n) is 5.38. The molecule has 1 atom stereocenters. The van der Waals surface area contributed by atoms with Crippen LogP contribution in [0.25, 0.3) is 11.4 Å². The van der Waals surface area contributed by atoms with Gasteiger partial charge in [0.1, 0.15) is 0 Å². The minimum atomic E-state index is -0.633. The molecule has 2 aromatic rings. The van der Waals surface area contributed by atoms with Gasteiger partial charge in [-0.3, -0.25) is 4.90 Å². The van der Waals surface area contributed by atoms with Gasteiger partial charge in [-0.1, -0.05) is 56.9 Å². The molecule has 1 aromatic carbocycles. The van der Waals surface area contributed by atoms with Crippen LogP contribution < -0.4 is 10.2 Å². The van der Waals surface area contributed by atoms with Crippen LogP contribution in [0.2, 0.25) is 0 Å². The lowest BCUT2D eigenvalue weighted by Gasteiger charge is -2.14. The summed E-state index contributed by atoms with van der Waals surface area (Å²) in [5.41, 5.74) is 1.80. The van der Waals surface area contributed by atoms with E-state index in [4.69, 9.17) is 9.47 Å². The summed E-state index contributed by atoms with van der Waals surface area (Å²) in [5, 5.41) is 7.32. The van der Waals surface area contributed by atoms with E-state index in [9.17, 15) is 9.59 Å². The number of amides is 2. The van der Waals surface area contributed by atoms with Crippen LogP contribution in [0.5, 0.6) is 0 Å². The maximum absolute atomic E-state index is 12.4. The van der Waals surface area contributed by atoms with E-state index in [1.165, 1.54) is 31.3 Å². The maximum atomic E-state index is 12.4. The molecule has 2 amide bonds. The number of anilines is 1. The summed E-state index contributed by atoms with van der Waals surface area (Å²) >= 11 is 0. The highest BCUT2D eigenvalue weighted by atomic mass is 16.6. The maximum Gasteiger partial charge on any atom is 0.335 e. The number of unbranched alkanes of at least 4 members (excludes halogenated alkanes) is 4. The number of hydrogen-bond donors (Lipinski definition) is 1. The van der Waals surface area contributed by atoms with Crippen molar-refractivity contribution in [3.63, 3.8) is 0 Å². The van der Waals surface area contributed by atoms with Crippen molar-refractivity contribution in [3.8, 4) is 11.4 Å². The summed E-state index contributed by atoms with van der Waals surface area (Å²) < 4.78 is 12.0. The van der Waals surface area contributed by atoms with Crippen molar-refractivity contribution in [1.82, 2.24) is 20.1 Å². The molecule has 0 unspecified atom stereocenters. The van der Waals surface area contributed by atoms with Gasteiger partial charge in [0.15, 0.2) is 11.9 Å². The number of aryl methyl sites for hydroxylation is 1. The zero-order valence-electron chi connectivity index (χ0n) is 20.5. The molecule has 0 aliphatic rings. The minimum Gasteiger partial charge on any atom is -0.467 e. The first-order valence-corrected chi connectivity index (χ1v) is 11.6. The third-order valence-corrected chi connectivity index (χ3v) is 5.38. The van der Waals surface area contributed by atoms with Gasteiger partial charge in [0.05, 0.1) is 7.11 Å². The van der Waals surface area contributed by atoms with Crippen molar-refractivity contribution in [3.05, 3.63) is 29.8 Å². The molecule has 0 aliphatic heterocycles. The van der Waals surface area contributed by atoms with E-state index in [0.717, 1.165) is 24.0 Å². The van der Waals surface area contributed by atoms with E-state index >= 15 is 0 Å². The molecule has 0 bridgehead atoms. The average molecular weight is 460 g/mol. The Labute approximate surface area is 196 Å². The second kappa shape index (κ2) is 13.6. The van der Waals surface area contributed by atoms with Gasteiger partial charge in [-0.2, -0.15) is 4.98 Å². The number of carbonyl (C=O) groups is 2. The molecule has 0 spiro atoms. The van der Waals surface area contributed by atoms with Crippen LogP contribution in [0.3, 0.4) is 0 Å². The first kappa shape index (κ1) is 26.3. The Balaban J connectivity index is 1.99. The van der Waals surface area contributed by atoms with Crippen LogP contribution in [-0.2, 0) is 27.7 Å². The summed E-state index contributed by atoms with van der Waals surface area (Å²) in [4.78, 5) is 30.3. The molecule has 0 radical (unpaired) electrons. The molecule has 9 heteroatoms. The second-order valence-corrected chi connectivity index (χ2v) is 7.93. The Morgan fingerprint density at radius 3 is 2.45 bits per heavy atom. The standard InChI is InChI=1S/C24H37N5O4/c1-6-8-9-10-11-16-25-24(31)28(3)23-26-21(29(4)27-23)19-14-12-18(13-15-19)17-20(33-7-2)22(30)32-5/h12-15,20H,6-11,16-17H2,1-5H3,(H,25,31)/t20-/m0/s1. The molecule has 0 saturated heterocycles. The van der Waals surface area contributed by atoms with Crippen LogP contribution in [0.1, 0.15) is 51.5 Å². The lowest BCUT2D eigenvalue weighted by Crippen LogP contribution is -2.38. The molecule has 1 aromatic heterocycles. The number of benzene rings is 1. The number of esters is 1. The molecule has 182 valence electrons. The van der Waals surface area contributed by atoms with Crippen molar-refractivity contribution < 1.29 is 19.1 Å². The number of nitrogens with one attached hydrogen (secondary N) is 1. The van der Waals surface area contributed by atoms with E-state index < -0.39 is 6.10 Å². The average Bonchev–Trinajstić information content (AvgIpc) is 3.21. The lowest BCUT2D eigenvalue weighted by atomic mass is 10.1. The fourth-order valence-electron chi connectivity index (χ4n) is 3.44. The number of nitrogens with zero attached hydrogens (tertiary/aromatic N) is 4. The molecule has 0 aliphatic carbocycles. The molecule has 33 heavy (non-hydrogen) atoms. The number of aromatic nitrogens is 3. The fourth-order valence-corrected chi connectivity index (χ4v) is 3.44. The number of methoxy groups -OCH3 is 1. The van der Waals surface area contributed by atoms with Crippen molar-refractivity contribution >= 4 is 17.9 Å². The van der Waals surface area contributed by atoms with Crippen molar-refractivity contribution in [2.75, 3.05) is 32.2 Å². The zero-order chi connectivity index (χ0) is 24.2. The largest absolute Gasteiger partial charge is 0.467 e. The fraction of sp³-hybridized carbons (Fsp3) is 0.583.